The van der Waals surface area contributed by atoms with Crippen LogP contribution in [0.4, 0.5) is 0 Å². The van der Waals surface area contributed by atoms with E-state index in [0.29, 0.717) is 22.6 Å². The molecule has 2 heterocycles. The van der Waals surface area contributed by atoms with Crippen LogP contribution < -0.4 is 4.74 Å². The zero-order valence-corrected chi connectivity index (χ0v) is 11.8. The molecule has 0 spiro atoms. The fourth-order valence-electron chi connectivity index (χ4n) is 2.45. The summed E-state index contributed by atoms with van der Waals surface area (Å²) in [6, 6.07) is 18.4. The maximum absolute atomic E-state index is 11.4. The van der Waals surface area contributed by atoms with E-state index in [9.17, 15) is 9.90 Å². The number of hydrogen-bond donors (Lipinski definition) is 2. The molecule has 1 aromatic heterocycles. The minimum absolute atomic E-state index is 0.624. The standard InChI is InChI=1S/C14H10O3.C4H5N/c15-14(16)13-9-5-1-3-7-11(9)17-12-8-4-2-6-10(12)13;1-2-4-5-3-1/h1-8,13H,(H,15,16);1-5H. The van der Waals surface area contributed by atoms with Gasteiger partial charge >= 0.3 is 5.97 Å². The number of ether oxygens (including phenoxy) is 1. The molecule has 0 unspecified atom stereocenters. The van der Waals surface area contributed by atoms with Crippen molar-refractivity contribution in [2.75, 3.05) is 0 Å². The minimum atomic E-state index is -0.854. The molecule has 3 aromatic rings. The highest BCUT2D eigenvalue weighted by Gasteiger charge is 2.31. The lowest BCUT2D eigenvalue weighted by Crippen LogP contribution is -2.18. The van der Waals surface area contributed by atoms with Crippen molar-refractivity contribution in [2.24, 2.45) is 0 Å². The van der Waals surface area contributed by atoms with E-state index in [2.05, 4.69) is 4.98 Å². The summed E-state index contributed by atoms with van der Waals surface area (Å²) in [6.45, 7) is 0. The van der Waals surface area contributed by atoms with Gasteiger partial charge in [-0.15, -0.1) is 0 Å². The lowest BCUT2D eigenvalue weighted by atomic mass is 9.88. The molecule has 0 fully saturated rings. The largest absolute Gasteiger partial charge is 0.481 e. The topological polar surface area (TPSA) is 62.3 Å². The number of aromatic nitrogens is 1. The third kappa shape index (κ3) is 2.72. The molecule has 0 radical (unpaired) electrons. The Labute approximate surface area is 128 Å². The molecule has 0 saturated heterocycles. The van der Waals surface area contributed by atoms with Crippen LogP contribution in [-0.4, -0.2) is 16.1 Å². The van der Waals surface area contributed by atoms with Gasteiger partial charge in [-0.3, -0.25) is 4.79 Å². The molecule has 22 heavy (non-hydrogen) atoms. The fraction of sp³-hybridized carbons (Fsp3) is 0.0556. The molecule has 2 N–H and O–H groups in total. The molecule has 4 nitrogen and oxygen atoms in total. The molecule has 0 atom stereocenters. The Morgan fingerprint density at radius 3 is 1.77 bits per heavy atom. The summed E-state index contributed by atoms with van der Waals surface area (Å²) in [5.41, 5.74) is 1.41. The Morgan fingerprint density at radius 1 is 0.864 bits per heavy atom. The van der Waals surface area contributed by atoms with Gasteiger partial charge in [0.15, 0.2) is 0 Å². The van der Waals surface area contributed by atoms with Crippen LogP contribution in [0.1, 0.15) is 17.0 Å². The number of fused-ring (bicyclic) bond motifs is 2. The molecular formula is C18H15NO3. The quantitative estimate of drug-likeness (QED) is 0.712. The van der Waals surface area contributed by atoms with Gasteiger partial charge in [-0.25, -0.2) is 0 Å². The molecule has 4 rings (SSSR count). The number of carboxylic acid groups (broad SMARTS) is 1. The van der Waals surface area contributed by atoms with E-state index < -0.39 is 11.9 Å². The summed E-state index contributed by atoms with van der Waals surface area (Å²) < 4.78 is 5.69. The summed E-state index contributed by atoms with van der Waals surface area (Å²) in [6.07, 6.45) is 3.75. The predicted molar refractivity (Wildman–Crippen MR) is 83.2 cm³/mol. The van der Waals surface area contributed by atoms with E-state index in [4.69, 9.17) is 4.74 Å². The number of carboxylic acids is 1. The van der Waals surface area contributed by atoms with Gasteiger partial charge in [-0.05, 0) is 24.3 Å². The number of rotatable bonds is 1. The second-order valence-corrected chi connectivity index (χ2v) is 4.83. The normalized spacial score (nSPS) is 12.2. The van der Waals surface area contributed by atoms with Crippen molar-refractivity contribution in [3.8, 4) is 11.5 Å². The lowest BCUT2D eigenvalue weighted by molar-refractivity contribution is -0.137. The molecule has 2 aromatic carbocycles. The van der Waals surface area contributed by atoms with E-state index in [0.717, 1.165) is 0 Å². The highest BCUT2D eigenvalue weighted by molar-refractivity contribution is 5.83. The second kappa shape index (κ2) is 6.18. The Kier molecular flexibility index (Phi) is 3.92. The monoisotopic (exact) mass is 293 g/mol. The number of H-pyrrole nitrogens is 1. The van der Waals surface area contributed by atoms with Crippen LogP contribution in [0.3, 0.4) is 0 Å². The SMILES string of the molecule is O=C(O)C1c2ccccc2Oc2ccccc21.c1cc[nH]c1. The maximum Gasteiger partial charge on any atom is 0.315 e. The first-order valence-electron chi connectivity index (χ1n) is 6.93. The second-order valence-electron chi connectivity index (χ2n) is 4.83. The van der Waals surface area contributed by atoms with E-state index >= 15 is 0 Å². The summed E-state index contributed by atoms with van der Waals surface area (Å²) in [4.78, 5) is 14.3. The lowest BCUT2D eigenvalue weighted by Gasteiger charge is -2.25. The third-order valence-corrected chi connectivity index (χ3v) is 3.42. The number of aliphatic carboxylic acids is 1. The molecule has 1 aliphatic heterocycles. The van der Waals surface area contributed by atoms with Crippen LogP contribution in [0.25, 0.3) is 0 Å². The van der Waals surface area contributed by atoms with Gasteiger partial charge in [0, 0.05) is 23.5 Å². The molecule has 0 amide bonds. The number of benzene rings is 2. The third-order valence-electron chi connectivity index (χ3n) is 3.42. The van der Waals surface area contributed by atoms with Gasteiger partial charge in [-0.1, -0.05) is 36.4 Å². The summed E-state index contributed by atoms with van der Waals surface area (Å²) in [7, 11) is 0. The van der Waals surface area contributed by atoms with Crippen molar-refractivity contribution >= 4 is 5.97 Å². The van der Waals surface area contributed by atoms with E-state index in [-0.39, 0.29) is 0 Å². The first kappa shape index (κ1) is 13.9. The predicted octanol–water partition coefficient (Wildman–Crippen LogP) is 4.02. The number of carbonyl (C=O) groups is 1. The fourth-order valence-corrected chi connectivity index (χ4v) is 2.45. The van der Waals surface area contributed by atoms with E-state index in [1.54, 1.807) is 24.3 Å². The Hall–Kier alpha value is -3.01. The molecule has 110 valence electrons. The smallest absolute Gasteiger partial charge is 0.315 e. The van der Waals surface area contributed by atoms with Crippen molar-refractivity contribution in [3.05, 3.63) is 84.2 Å². The maximum atomic E-state index is 11.4. The van der Waals surface area contributed by atoms with E-state index in [1.165, 1.54) is 0 Å². The van der Waals surface area contributed by atoms with Crippen LogP contribution in [-0.2, 0) is 4.79 Å². The van der Waals surface area contributed by atoms with Gasteiger partial charge in [-0.2, -0.15) is 0 Å². The number of hydrogen-bond acceptors (Lipinski definition) is 2. The molecule has 1 aliphatic rings. The van der Waals surface area contributed by atoms with Crippen LogP contribution in [0, 0.1) is 0 Å². The van der Waals surface area contributed by atoms with Crippen LogP contribution >= 0.6 is 0 Å². The summed E-state index contributed by atoms with van der Waals surface area (Å²) in [5.74, 6) is -0.249. The molecule has 0 aliphatic carbocycles. The van der Waals surface area contributed by atoms with Gasteiger partial charge in [0.25, 0.3) is 0 Å². The van der Waals surface area contributed by atoms with Crippen molar-refractivity contribution < 1.29 is 14.6 Å². The number of aromatic amines is 1. The first-order chi connectivity index (χ1) is 10.8. The zero-order valence-electron chi connectivity index (χ0n) is 11.8. The highest BCUT2D eigenvalue weighted by Crippen LogP contribution is 2.43. The average Bonchev–Trinajstić information content (AvgIpc) is 3.12. The molecule has 0 bridgehead atoms. The average molecular weight is 293 g/mol. The van der Waals surface area contributed by atoms with Gasteiger partial charge in [0.2, 0.25) is 0 Å². The number of nitrogens with one attached hydrogen (secondary N) is 1. The van der Waals surface area contributed by atoms with Crippen molar-refractivity contribution in [2.45, 2.75) is 5.92 Å². The van der Waals surface area contributed by atoms with Crippen molar-refractivity contribution in [3.63, 3.8) is 0 Å². The molecular weight excluding hydrogens is 278 g/mol. The van der Waals surface area contributed by atoms with Crippen LogP contribution in [0.15, 0.2) is 73.1 Å². The van der Waals surface area contributed by atoms with E-state index in [1.807, 2.05) is 48.8 Å². The van der Waals surface area contributed by atoms with Crippen molar-refractivity contribution in [1.29, 1.82) is 0 Å². The van der Waals surface area contributed by atoms with Crippen LogP contribution in [0.5, 0.6) is 11.5 Å². The minimum Gasteiger partial charge on any atom is -0.481 e. The molecule has 4 heteroatoms. The Balaban J connectivity index is 0.000000246. The van der Waals surface area contributed by atoms with Gasteiger partial charge in [0.05, 0.1) is 0 Å². The summed E-state index contributed by atoms with van der Waals surface area (Å²) in [5, 5.41) is 9.38. The van der Waals surface area contributed by atoms with Gasteiger partial charge < -0.3 is 14.8 Å². The number of para-hydroxylation sites is 2. The highest BCUT2D eigenvalue weighted by atomic mass is 16.5. The van der Waals surface area contributed by atoms with Gasteiger partial charge in [0.1, 0.15) is 17.4 Å². The zero-order chi connectivity index (χ0) is 15.4. The molecule has 0 saturated carbocycles. The van der Waals surface area contributed by atoms with Crippen molar-refractivity contribution in [1.82, 2.24) is 4.98 Å². The van der Waals surface area contributed by atoms with Crippen LogP contribution in [0.2, 0.25) is 0 Å². The summed E-state index contributed by atoms with van der Waals surface area (Å²) >= 11 is 0. The Bertz CT molecular complexity index is 703. The Morgan fingerprint density at radius 2 is 1.36 bits per heavy atom. The first-order valence-corrected chi connectivity index (χ1v) is 6.93.